The SMILES string of the molecule is Clc1ccc(C(Br)Cc2cccc(Br)c2)c(Br)c1. The van der Waals surface area contributed by atoms with Crippen molar-refractivity contribution in [3.8, 4) is 0 Å². The number of rotatable bonds is 3. The maximum absolute atomic E-state index is 5.95. The van der Waals surface area contributed by atoms with Gasteiger partial charge in [0.1, 0.15) is 0 Å². The molecular weight excluding hydrogens is 443 g/mol. The highest BCUT2D eigenvalue weighted by atomic mass is 79.9. The van der Waals surface area contributed by atoms with Gasteiger partial charge in [-0.25, -0.2) is 0 Å². The van der Waals surface area contributed by atoms with Crippen LogP contribution in [0.2, 0.25) is 5.02 Å². The fourth-order valence-corrected chi connectivity index (χ4v) is 4.22. The quantitative estimate of drug-likeness (QED) is 0.463. The largest absolute Gasteiger partial charge is 0.0843 e. The van der Waals surface area contributed by atoms with Gasteiger partial charge in [0.2, 0.25) is 0 Å². The fraction of sp³-hybridized carbons (Fsp3) is 0.143. The molecule has 1 atom stereocenters. The molecule has 0 bridgehead atoms. The van der Waals surface area contributed by atoms with Gasteiger partial charge in [-0.05, 0) is 41.8 Å². The van der Waals surface area contributed by atoms with Crippen LogP contribution in [-0.2, 0) is 6.42 Å². The number of alkyl halides is 1. The Kier molecular flexibility index (Phi) is 5.31. The van der Waals surface area contributed by atoms with E-state index in [1.807, 2.05) is 24.3 Å². The van der Waals surface area contributed by atoms with E-state index in [9.17, 15) is 0 Å². The number of hydrogen-bond acceptors (Lipinski definition) is 0. The van der Waals surface area contributed by atoms with Crippen molar-refractivity contribution < 1.29 is 0 Å². The van der Waals surface area contributed by atoms with Gasteiger partial charge in [0, 0.05) is 18.8 Å². The zero-order chi connectivity index (χ0) is 13.1. The number of hydrogen-bond donors (Lipinski definition) is 0. The van der Waals surface area contributed by atoms with Crippen LogP contribution in [-0.4, -0.2) is 0 Å². The van der Waals surface area contributed by atoms with Crippen LogP contribution >= 0.6 is 59.4 Å². The van der Waals surface area contributed by atoms with E-state index in [1.165, 1.54) is 11.1 Å². The molecule has 0 aliphatic heterocycles. The van der Waals surface area contributed by atoms with E-state index in [4.69, 9.17) is 11.6 Å². The topological polar surface area (TPSA) is 0 Å². The normalized spacial score (nSPS) is 12.4. The number of benzene rings is 2. The molecule has 2 aromatic rings. The van der Waals surface area contributed by atoms with E-state index in [0.717, 1.165) is 20.4 Å². The molecule has 0 fully saturated rings. The molecule has 2 rings (SSSR count). The van der Waals surface area contributed by atoms with E-state index in [1.54, 1.807) is 0 Å². The predicted molar refractivity (Wildman–Crippen MR) is 88.7 cm³/mol. The molecule has 0 N–H and O–H groups in total. The van der Waals surface area contributed by atoms with Crippen LogP contribution in [0.25, 0.3) is 0 Å². The minimum absolute atomic E-state index is 0.262. The standard InChI is InChI=1S/C14H10Br3Cl/c15-10-3-1-2-9(6-10)7-13(16)12-5-4-11(18)8-14(12)17/h1-6,8,13H,7H2. The Bertz CT molecular complexity index is 554. The summed E-state index contributed by atoms with van der Waals surface area (Å²) in [6.45, 7) is 0. The van der Waals surface area contributed by atoms with Crippen molar-refractivity contribution >= 4 is 59.4 Å². The van der Waals surface area contributed by atoms with Crippen LogP contribution < -0.4 is 0 Å². The Labute approximate surface area is 137 Å². The summed E-state index contributed by atoms with van der Waals surface area (Å²) in [4.78, 5) is 0.262. The Balaban J connectivity index is 2.19. The molecule has 0 heterocycles. The van der Waals surface area contributed by atoms with Crippen LogP contribution in [0, 0.1) is 0 Å². The van der Waals surface area contributed by atoms with Gasteiger partial charge < -0.3 is 0 Å². The Hall–Kier alpha value is 0.170. The Morgan fingerprint density at radius 3 is 2.50 bits per heavy atom. The van der Waals surface area contributed by atoms with Crippen LogP contribution in [0.1, 0.15) is 16.0 Å². The Morgan fingerprint density at radius 2 is 1.83 bits per heavy atom. The van der Waals surface area contributed by atoms with Gasteiger partial charge in [-0.15, -0.1) is 0 Å². The maximum atomic E-state index is 5.95. The van der Waals surface area contributed by atoms with E-state index in [-0.39, 0.29) is 4.83 Å². The van der Waals surface area contributed by atoms with Crippen LogP contribution in [0.5, 0.6) is 0 Å². The molecule has 0 aliphatic rings. The minimum Gasteiger partial charge on any atom is -0.0843 e. The first kappa shape index (κ1) is 14.6. The molecule has 4 heteroatoms. The molecule has 0 aromatic heterocycles. The summed E-state index contributed by atoms with van der Waals surface area (Å²) in [6, 6.07) is 14.2. The molecule has 0 saturated carbocycles. The summed E-state index contributed by atoms with van der Waals surface area (Å²) in [5.74, 6) is 0. The molecule has 2 aromatic carbocycles. The highest BCUT2D eigenvalue weighted by molar-refractivity contribution is 9.11. The lowest BCUT2D eigenvalue weighted by Crippen LogP contribution is -1.96. The first-order chi connectivity index (χ1) is 8.56. The zero-order valence-corrected chi connectivity index (χ0v) is 14.9. The lowest BCUT2D eigenvalue weighted by atomic mass is 10.0. The van der Waals surface area contributed by atoms with Crippen LogP contribution in [0.3, 0.4) is 0 Å². The average Bonchev–Trinajstić information content (AvgIpc) is 2.28. The molecule has 0 spiro atoms. The van der Waals surface area contributed by atoms with E-state index in [2.05, 4.69) is 66.0 Å². The van der Waals surface area contributed by atoms with Gasteiger partial charge in [-0.2, -0.15) is 0 Å². The zero-order valence-electron chi connectivity index (χ0n) is 9.34. The first-order valence-electron chi connectivity index (χ1n) is 5.40. The first-order valence-corrected chi connectivity index (χ1v) is 8.27. The molecule has 1 unspecified atom stereocenters. The van der Waals surface area contributed by atoms with Gasteiger partial charge in [-0.3, -0.25) is 0 Å². The third kappa shape index (κ3) is 3.83. The highest BCUT2D eigenvalue weighted by Crippen LogP contribution is 2.34. The van der Waals surface area contributed by atoms with Crippen LogP contribution in [0.4, 0.5) is 0 Å². The van der Waals surface area contributed by atoms with Crippen LogP contribution in [0.15, 0.2) is 51.4 Å². The second-order valence-corrected chi connectivity index (χ2v) is 7.28. The van der Waals surface area contributed by atoms with Crippen molar-refractivity contribution in [1.82, 2.24) is 0 Å². The van der Waals surface area contributed by atoms with E-state index >= 15 is 0 Å². The predicted octanol–water partition coefficient (Wildman–Crippen LogP) is 6.54. The highest BCUT2D eigenvalue weighted by Gasteiger charge is 2.12. The van der Waals surface area contributed by atoms with Crippen molar-refractivity contribution in [3.63, 3.8) is 0 Å². The molecule has 0 aliphatic carbocycles. The average molecular weight is 453 g/mol. The van der Waals surface area contributed by atoms with Crippen molar-refractivity contribution in [2.24, 2.45) is 0 Å². The van der Waals surface area contributed by atoms with Gasteiger partial charge in [0.15, 0.2) is 0 Å². The number of halogens is 4. The summed E-state index contributed by atoms with van der Waals surface area (Å²) in [5, 5.41) is 0.743. The minimum atomic E-state index is 0.262. The molecule has 0 amide bonds. The third-order valence-corrected chi connectivity index (χ3v) is 4.84. The molecule has 0 nitrogen and oxygen atoms in total. The summed E-state index contributed by atoms with van der Waals surface area (Å²) < 4.78 is 2.14. The summed E-state index contributed by atoms with van der Waals surface area (Å²) in [7, 11) is 0. The maximum Gasteiger partial charge on any atom is 0.0446 e. The molecule has 94 valence electrons. The van der Waals surface area contributed by atoms with Gasteiger partial charge in [-0.1, -0.05) is 77.6 Å². The van der Waals surface area contributed by atoms with Crippen molar-refractivity contribution in [1.29, 1.82) is 0 Å². The second-order valence-electron chi connectivity index (χ2n) is 3.97. The lowest BCUT2D eigenvalue weighted by Gasteiger charge is -2.13. The van der Waals surface area contributed by atoms with Crippen molar-refractivity contribution in [2.75, 3.05) is 0 Å². The van der Waals surface area contributed by atoms with Gasteiger partial charge in [0.25, 0.3) is 0 Å². The summed E-state index contributed by atoms with van der Waals surface area (Å²) in [6.07, 6.45) is 0.930. The summed E-state index contributed by atoms with van der Waals surface area (Å²) in [5.41, 5.74) is 2.49. The molecular formula is C14H10Br3Cl. The molecule has 0 radical (unpaired) electrons. The van der Waals surface area contributed by atoms with Gasteiger partial charge >= 0.3 is 0 Å². The third-order valence-electron chi connectivity index (χ3n) is 2.60. The lowest BCUT2D eigenvalue weighted by molar-refractivity contribution is 0.942. The van der Waals surface area contributed by atoms with Gasteiger partial charge in [0.05, 0.1) is 0 Å². The van der Waals surface area contributed by atoms with Crippen molar-refractivity contribution in [2.45, 2.75) is 11.2 Å². The smallest absolute Gasteiger partial charge is 0.0446 e. The summed E-state index contributed by atoms with van der Waals surface area (Å²) >= 11 is 16.7. The molecule has 0 saturated heterocycles. The van der Waals surface area contributed by atoms with E-state index in [0.29, 0.717) is 0 Å². The Morgan fingerprint density at radius 1 is 1.06 bits per heavy atom. The fourth-order valence-electron chi connectivity index (χ4n) is 1.74. The molecule has 18 heavy (non-hydrogen) atoms. The van der Waals surface area contributed by atoms with E-state index < -0.39 is 0 Å². The van der Waals surface area contributed by atoms with Crippen molar-refractivity contribution in [3.05, 3.63) is 67.6 Å². The monoisotopic (exact) mass is 450 g/mol. The second kappa shape index (κ2) is 6.56.